The number of nitrogens with one attached hydrogen (secondary N) is 1. The minimum Gasteiger partial charge on any atom is -0.396 e. The van der Waals surface area contributed by atoms with Gasteiger partial charge in [-0.05, 0) is 36.5 Å². The number of hydrogen-bond donors (Lipinski definition) is 2. The fraction of sp³-hybridized carbons (Fsp3) is 0.400. The van der Waals surface area contributed by atoms with Crippen molar-refractivity contribution in [1.82, 2.24) is 9.88 Å². The molecule has 1 aliphatic carbocycles. The monoisotopic (exact) mass is 338 g/mol. The second-order valence-electron chi connectivity index (χ2n) is 7.28. The number of rotatable bonds is 3. The van der Waals surface area contributed by atoms with Crippen molar-refractivity contribution in [2.45, 2.75) is 19.3 Å². The number of fused-ring (bicyclic) bond motifs is 1. The van der Waals surface area contributed by atoms with Crippen LogP contribution in [0.25, 0.3) is 11.3 Å². The van der Waals surface area contributed by atoms with Crippen LogP contribution in [0.1, 0.15) is 29.6 Å². The Hall–Kier alpha value is -2.40. The molecule has 5 nitrogen and oxygen atoms in total. The van der Waals surface area contributed by atoms with Crippen LogP contribution in [0.2, 0.25) is 0 Å². The summed E-state index contributed by atoms with van der Waals surface area (Å²) in [5, 5.41) is 9.81. The molecule has 1 saturated carbocycles. The first-order valence-electron chi connectivity index (χ1n) is 8.82. The van der Waals surface area contributed by atoms with Crippen LogP contribution in [0.5, 0.6) is 0 Å². The smallest absolute Gasteiger partial charge is 0.261 e. The summed E-state index contributed by atoms with van der Waals surface area (Å²) in [5.41, 5.74) is 1.27. The predicted molar refractivity (Wildman–Crippen MR) is 95.3 cm³/mol. The van der Waals surface area contributed by atoms with Gasteiger partial charge in [0.2, 0.25) is 0 Å². The van der Waals surface area contributed by atoms with E-state index in [4.69, 9.17) is 0 Å². The van der Waals surface area contributed by atoms with Crippen LogP contribution in [0.3, 0.4) is 0 Å². The van der Waals surface area contributed by atoms with Crippen molar-refractivity contribution in [1.29, 1.82) is 0 Å². The zero-order valence-electron chi connectivity index (χ0n) is 14.1. The average Bonchev–Trinajstić information content (AvgIpc) is 3.19. The molecule has 0 radical (unpaired) electrons. The molecule has 1 aromatic carbocycles. The Morgan fingerprint density at radius 1 is 1.24 bits per heavy atom. The van der Waals surface area contributed by atoms with Gasteiger partial charge in [0, 0.05) is 24.2 Å². The fourth-order valence-electron chi connectivity index (χ4n) is 4.43. The van der Waals surface area contributed by atoms with Gasteiger partial charge in [-0.25, -0.2) is 0 Å². The third-order valence-corrected chi connectivity index (χ3v) is 5.87. The molecule has 5 heteroatoms. The molecule has 4 rings (SSSR count). The van der Waals surface area contributed by atoms with Crippen LogP contribution in [0, 0.1) is 11.3 Å². The number of aromatic nitrogens is 1. The summed E-state index contributed by atoms with van der Waals surface area (Å²) in [7, 11) is 0. The lowest BCUT2D eigenvalue weighted by Gasteiger charge is -2.25. The Balaban J connectivity index is 1.58. The third kappa shape index (κ3) is 2.68. The first-order chi connectivity index (χ1) is 12.1. The number of aliphatic hydroxyl groups excluding tert-OH is 1. The number of carbonyl (C=O) groups is 1. The molecule has 2 fully saturated rings. The molecule has 0 unspecified atom stereocenters. The van der Waals surface area contributed by atoms with Crippen molar-refractivity contribution in [3.8, 4) is 11.3 Å². The number of aliphatic hydroxyl groups is 1. The van der Waals surface area contributed by atoms with Gasteiger partial charge in [-0.15, -0.1) is 0 Å². The lowest BCUT2D eigenvalue weighted by atomic mass is 9.82. The minimum atomic E-state index is -0.360. The van der Waals surface area contributed by atoms with Crippen molar-refractivity contribution in [3.05, 3.63) is 58.4 Å². The number of aromatic amines is 1. The van der Waals surface area contributed by atoms with Crippen LogP contribution >= 0.6 is 0 Å². The number of nitrogens with zero attached hydrogens (tertiary/aromatic N) is 1. The van der Waals surface area contributed by atoms with Crippen molar-refractivity contribution < 1.29 is 9.90 Å². The van der Waals surface area contributed by atoms with Crippen molar-refractivity contribution in [2.24, 2.45) is 11.3 Å². The molecular weight excluding hydrogens is 316 g/mol. The number of pyridine rings is 1. The topological polar surface area (TPSA) is 73.4 Å². The van der Waals surface area contributed by atoms with Gasteiger partial charge in [0.25, 0.3) is 11.5 Å². The second kappa shape index (κ2) is 6.15. The number of amides is 1. The van der Waals surface area contributed by atoms with Crippen molar-refractivity contribution >= 4 is 5.91 Å². The Kier molecular flexibility index (Phi) is 3.96. The Morgan fingerprint density at radius 2 is 2.04 bits per heavy atom. The number of hydrogen-bond acceptors (Lipinski definition) is 3. The summed E-state index contributed by atoms with van der Waals surface area (Å²) >= 11 is 0. The van der Waals surface area contributed by atoms with Gasteiger partial charge in [0.1, 0.15) is 5.56 Å². The Bertz CT molecular complexity index is 846. The zero-order valence-corrected chi connectivity index (χ0v) is 14.1. The molecule has 2 heterocycles. The summed E-state index contributed by atoms with van der Waals surface area (Å²) in [5.74, 6) is 0.118. The highest BCUT2D eigenvalue weighted by atomic mass is 16.3. The van der Waals surface area contributed by atoms with Crippen molar-refractivity contribution in [2.75, 3.05) is 19.7 Å². The van der Waals surface area contributed by atoms with Crippen LogP contribution in [-0.2, 0) is 0 Å². The van der Waals surface area contributed by atoms with Gasteiger partial charge >= 0.3 is 0 Å². The predicted octanol–water partition coefficient (Wildman–Crippen LogP) is 2.28. The largest absolute Gasteiger partial charge is 0.396 e. The number of likely N-dealkylation sites (tertiary alicyclic amines) is 1. The molecule has 1 aliphatic heterocycles. The first-order valence-corrected chi connectivity index (χ1v) is 8.82. The molecule has 2 aromatic rings. The molecule has 0 spiro atoms. The standard InChI is InChI=1S/C20H22N2O3/c23-13-20-10-4-7-15(20)11-22(12-20)19(25)16-8-9-17(21-18(16)24)14-5-2-1-3-6-14/h1-3,5-6,8-9,15,23H,4,7,10-13H2,(H,21,24)/t15-,20+/m1/s1. The third-order valence-electron chi connectivity index (χ3n) is 5.87. The molecular formula is C20H22N2O3. The summed E-state index contributed by atoms with van der Waals surface area (Å²) in [6, 6.07) is 13.0. The summed E-state index contributed by atoms with van der Waals surface area (Å²) in [6.45, 7) is 1.30. The van der Waals surface area contributed by atoms with E-state index in [1.165, 1.54) is 0 Å². The molecule has 2 N–H and O–H groups in total. The number of benzene rings is 1. The van der Waals surface area contributed by atoms with Gasteiger partial charge in [0.05, 0.1) is 6.61 Å². The maximum Gasteiger partial charge on any atom is 0.261 e. The fourth-order valence-corrected chi connectivity index (χ4v) is 4.43. The van der Waals surface area contributed by atoms with Gasteiger partial charge in [-0.3, -0.25) is 9.59 Å². The highest BCUT2D eigenvalue weighted by Crippen LogP contribution is 2.48. The average molecular weight is 338 g/mol. The molecule has 0 bridgehead atoms. The maximum absolute atomic E-state index is 12.8. The number of H-pyrrole nitrogens is 1. The molecule has 1 saturated heterocycles. The van der Waals surface area contributed by atoms with E-state index in [1.54, 1.807) is 17.0 Å². The lowest BCUT2D eigenvalue weighted by Crippen LogP contribution is -2.36. The quantitative estimate of drug-likeness (QED) is 0.902. The van der Waals surface area contributed by atoms with E-state index in [2.05, 4.69) is 4.98 Å². The molecule has 2 aliphatic rings. The molecule has 25 heavy (non-hydrogen) atoms. The highest BCUT2D eigenvalue weighted by molar-refractivity contribution is 5.94. The van der Waals surface area contributed by atoms with Crippen LogP contribution in [0.15, 0.2) is 47.3 Å². The summed E-state index contributed by atoms with van der Waals surface area (Å²) in [6.07, 6.45) is 3.12. The van der Waals surface area contributed by atoms with E-state index in [1.807, 2.05) is 30.3 Å². The molecule has 1 aromatic heterocycles. The molecule has 1 amide bonds. The van der Waals surface area contributed by atoms with E-state index in [-0.39, 0.29) is 29.1 Å². The van der Waals surface area contributed by atoms with E-state index in [0.29, 0.717) is 24.7 Å². The summed E-state index contributed by atoms with van der Waals surface area (Å²) in [4.78, 5) is 29.8. The zero-order chi connectivity index (χ0) is 17.4. The molecule has 130 valence electrons. The minimum absolute atomic E-state index is 0.116. The Labute approximate surface area is 146 Å². The SMILES string of the molecule is O=C(c1ccc(-c2ccccc2)[nH]c1=O)N1C[C@H]2CCC[C@@]2(CO)C1. The van der Waals surface area contributed by atoms with Crippen LogP contribution in [-0.4, -0.2) is 40.6 Å². The molecule has 2 atom stereocenters. The highest BCUT2D eigenvalue weighted by Gasteiger charge is 2.50. The van der Waals surface area contributed by atoms with Gasteiger partial charge in [-0.1, -0.05) is 36.8 Å². The second-order valence-corrected chi connectivity index (χ2v) is 7.28. The van der Waals surface area contributed by atoms with Gasteiger partial charge in [0.15, 0.2) is 0 Å². The number of carbonyl (C=O) groups excluding carboxylic acids is 1. The first kappa shape index (κ1) is 16.1. The van der Waals surface area contributed by atoms with Crippen molar-refractivity contribution in [3.63, 3.8) is 0 Å². The van der Waals surface area contributed by atoms with E-state index in [9.17, 15) is 14.7 Å². The normalized spacial score (nSPS) is 25.2. The van der Waals surface area contributed by atoms with E-state index in [0.717, 1.165) is 24.8 Å². The van der Waals surface area contributed by atoms with Gasteiger partial charge in [-0.2, -0.15) is 0 Å². The maximum atomic E-state index is 12.8. The Morgan fingerprint density at radius 3 is 2.72 bits per heavy atom. The van der Waals surface area contributed by atoms with E-state index < -0.39 is 0 Å². The van der Waals surface area contributed by atoms with Gasteiger partial charge < -0.3 is 15.0 Å². The lowest BCUT2D eigenvalue weighted by molar-refractivity contribution is 0.0732. The van der Waals surface area contributed by atoms with E-state index >= 15 is 0 Å². The van der Waals surface area contributed by atoms with Crippen LogP contribution in [0.4, 0.5) is 0 Å². The summed E-state index contributed by atoms with van der Waals surface area (Å²) < 4.78 is 0. The van der Waals surface area contributed by atoms with Crippen LogP contribution < -0.4 is 5.56 Å².